The zero-order chi connectivity index (χ0) is 23.9. The summed E-state index contributed by atoms with van der Waals surface area (Å²) in [7, 11) is 1.92. The van der Waals surface area contributed by atoms with Crippen LogP contribution in [0, 0.1) is 5.92 Å². The maximum absolute atomic E-state index is 13.3. The molecule has 3 aromatic rings. The van der Waals surface area contributed by atoms with Crippen molar-refractivity contribution >= 4 is 11.6 Å². The molecule has 3 aromatic carbocycles. The lowest BCUT2D eigenvalue weighted by atomic mass is 10.0. The highest BCUT2D eigenvalue weighted by molar-refractivity contribution is 5.79. The number of benzene rings is 3. The second-order valence-electron chi connectivity index (χ2n) is 9.41. The number of rotatable bonds is 9. The molecular formula is C29H35N3O2. The number of likely N-dealkylation sites (N-methyl/N-ethyl adjacent to an activating group) is 1. The van der Waals surface area contributed by atoms with Gasteiger partial charge in [-0.25, -0.2) is 0 Å². The van der Waals surface area contributed by atoms with Crippen LogP contribution in [-0.2, 0) is 17.8 Å². The summed E-state index contributed by atoms with van der Waals surface area (Å²) in [4.78, 5) is 17.7. The number of nitrogen functional groups attached to an aromatic ring is 1. The van der Waals surface area contributed by atoms with Crippen LogP contribution in [-0.4, -0.2) is 42.4 Å². The van der Waals surface area contributed by atoms with Crippen LogP contribution in [0.1, 0.15) is 36.1 Å². The van der Waals surface area contributed by atoms with E-state index in [1.807, 2.05) is 78.7 Å². The van der Waals surface area contributed by atoms with Crippen molar-refractivity contribution in [1.29, 1.82) is 0 Å². The first-order chi connectivity index (χ1) is 16.5. The Labute approximate surface area is 203 Å². The number of carbonyl (C=O) groups is 1. The molecule has 2 atom stereocenters. The van der Waals surface area contributed by atoms with E-state index in [4.69, 9.17) is 10.5 Å². The minimum Gasteiger partial charge on any atom is -0.487 e. The van der Waals surface area contributed by atoms with Crippen LogP contribution in [0.4, 0.5) is 5.69 Å². The summed E-state index contributed by atoms with van der Waals surface area (Å²) in [5.41, 5.74) is 9.95. The molecule has 0 spiro atoms. The summed E-state index contributed by atoms with van der Waals surface area (Å²) >= 11 is 0. The lowest BCUT2D eigenvalue weighted by Gasteiger charge is -2.32. The van der Waals surface area contributed by atoms with Crippen molar-refractivity contribution in [3.63, 3.8) is 0 Å². The third-order valence-corrected chi connectivity index (χ3v) is 6.65. The van der Waals surface area contributed by atoms with E-state index in [1.165, 1.54) is 12.0 Å². The standard InChI is InChI=1S/C29H35N3O2/c1-22-15-16-32(19-22)20-27(25-11-7-4-8-12-25)31(2)29(33)18-24-13-14-28(26(30)17-24)34-21-23-9-5-3-6-10-23/h3-14,17,22,27H,15-16,18-21,30H2,1-2H3/t22-,27+/m0/s1. The van der Waals surface area contributed by atoms with Crippen molar-refractivity contribution < 1.29 is 9.53 Å². The molecule has 5 nitrogen and oxygen atoms in total. The van der Waals surface area contributed by atoms with E-state index >= 15 is 0 Å². The van der Waals surface area contributed by atoms with Gasteiger partial charge in [0.05, 0.1) is 18.2 Å². The predicted molar refractivity (Wildman–Crippen MR) is 138 cm³/mol. The molecule has 0 aliphatic carbocycles. The molecule has 2 N–H and O–H groups in total. The molecule has 1 amide bonds. The maximum atomic E-state index is 13.3. The molecule has 4 rings (SSSR count). The van der Waals surface area contributed by atoms with Crippen molar-refractivity contribution in [2.75, 3.05) is 32.4 Å². The Kier molecular flexibility index (Phi) is 7.86. The van der Waals surface area contributed by atoms with E-state index in [-0.39, 0.29) is 11.9 Å². The Balaban J connectivity index is 1.41. The Morgan fingerprint density at radius 1 is 1.06 bits per heavy atom. The van der Waals surface area contributed by atoms with Gasteiger partial charge in [0.15, 0.2) is 0 Å². The van der Waals surface area contributed by atoms with Gasteiger partial charge >= 0.3 is 0 Å². The fourth-order valence-corrected chi connectivity index (χ4v) is 4.61. The summed E-state index contributed by atoms with van der Waals surface area (Å²) in [6.45, 7) is 5.79. The topological polar surface area (TPSA) is 58.8 Å². The molecular weight excluding hydrogens is 422 g/mol. The molecule has 1 heterocycles. The van der Waals surface area contributed by atoms with Gasteiger partial charge in [-0.2, -0.15) is 0 Å². The molecule has 5 heteroatoms. The molecule has 1 saturated heterocycles. The van der Waals surface area contributed by atoms with Gasteiger partial charge in [-0.15, -0.1) is 0 Å². The molecule has 34 heavy (non-hydrogen) atoms. The number of amides is 1. The highest BCUT2D eigenvalue weighted by Gasteiger charge is 2.27. The second-order valence-corrected chi connectivity index (χ2v) is 9.41. The van der Waals surface area contributed by atoms with Crippen LogP contribution in [0.25, 0.3) is 0 Å². The Bertz CT molecular complexity index is 1070. The molecule has 0 bridgehead atoms. The normalized spacial score (nSPS) is 16.8. The highest BCUT2D eigenvalue weighted by Crippen LogP contribution is 2.27. The fraction of sp³-hybridized carbons (Fsp3) is 0.345. The van der Waals surface area contributed by atoms with Gasteiger partial charge in [0.25, 0.3) is 0 Å². The lowest BCUT2D eigenvalue weighted by molar-refractivity contribution is -0.131. The zero-order valence-corrected chi connectivity index (χ0v) is 20.2. The van der Waals surface area contributed by atoms with Gasteiger partial charge in [-0.3, -0.25) is 4.79 Å². The van der Waals surface area contributed by atoms with Gasteiger partial charge < -0.3 is 20.3 Å². The van der Waals surface area contributed by atoms with Crippen molar-refractivity contribution in [3.05, 3.63) is 95.6 Å². The summed E-state index contributed by atoms with van der Waals surface area (Å²) in [5.74, 6) is 1.43. The van der Waals surface area contributed by atoms with Gasteiger partial charge in [-0.05, 0) is 47.7 Å². The number of nitrogens with two attached hydrogens (primary N) is 1. The van der Waals surface area contributed by atoms with Crippen molar-refractivity contribution in [2.24, 2.45) is 5.92 Å². The first-order valence-electron chi connectivity index (χ1n) is 12.1. The molecule has 0 aromatic heterocycles. The third kappa shape index (κ3) is 6.17. The van der Waals surface area contributed by atoms with E-state index in [0.29, 0.717) is 30.4 Å². The number of nitrogens with zero attached hydrogens (tertiary/aromatic N) is 2. The SMILES string of the molecule is C[C@H]1CCN(C[C@H](c2ccccc2)N(C)C(=O)Cc2ccc(OCc3ccccc3)c(N)c2)C1. The first kappa shape index (κ1) is 23.8. The summed E-state index contributed by atoms with van der Waals surface area (Å²) in [5, 5.41) is 0. The van der Waals surface area contributed by atoms with Crippen LogP contribution in [0.15, 0.2) is 78.9 Å². The van der Waals surface area contributed by atoms with E-state index < -0.39 is 0 Å². The summed E-state index contributed by atoms with van der Waals surface area (Å²) in [6, 6.07) is 26.0. The number of ether oxygens (including phenoxy) is 1. The minimum absolute atomic E-state index is 0.0184. The maximum Gasteiger partial charge on any atom is 0.227 e. The van der Waals surface area contributed by atoms with Crippen molar-refractivity contribution in [1.82, 2.24) is 9.80 Å². The Hall–Kier alpha value is -3.31. The third-order valence-electron chi connectivity index (χ3n) is 6.65. The van der Waals surface area contributed by atoms with Gasteiger partial charge in [0.2, 0.25) is 5.91 Å². The summed E-state index contributed by atoms with van der Waals surface area (Å²) < 4.78 is 5.88. The van der Waals surface area contributed by atoms with Crippen molar-refractivity contribution in [3.8, 4) is 5.75 Å². The molecule has 0 radical (unpaired) electrons. The minimum atomic E-state index is 0.0184. The lowest BCUT2D eigenvalue weighted by Crippen LogP contribution is -2.39. The average molecular weight is 458 g/mol. The number of hydrogen-bond donors (Lipinski definition) is 1. The van der Waals surface area contributed by atoms with Gasteiger partial charge in [0.1, 0.15) is 12.4 Å². The molecule has 1 aliphatic heterocycles. The van der Waals surface area contributed by atoms with Gasteiger partial charge in [0, 0.05) is 20.1 Å². The van der Waals surface area contributed by atoms with Crippen molar-refractivity contribution in [2.45, 2.75) is 32.4 Å². The largest absolute Gasteiger partial charge is 0.487 e. The number of anilines is 1. The predicted octanol–water partition coefficient (Wildman–Crippen LogP) is 4.93. The zero-order valence-electron chi connectivity index (χ0n) is 20.2. The van der Waals surface area contributed by atoms with E-state index in [9.17, 15) is 4.79 Å². The quantitative estimate of drug-likeness (QED) is 0.463. The second kappa shape index (κ2) is 11.2. The van der Waals surface area contributed by atoms with Crippen LogP contribution in [0.3, 0.4) is 0 Å². The van der Waals surface area contributed by atoms with Crippen LogP contribution < -0.4 is 10.5 Å². The van der Waals surface area contributed by atoms with E-state index in [2.05, 4.69) is 24.0 Å². The smallest absolute Gasteiger partial charge is 0.227 e. The van der Waals surface area contributed by atoms with Gasteiger partial charge in [-0.1, -0.05) is 73.7 Å². The number of likely N-dealkylation sites (tertiary alicyclic amines) is 1. The van der Waals surface area contributed by atoms with Crippen LogP contribution in [0.5, 0.6) is 5.75 Å². The number of hydrogen-bond acceptors (Lipinski definition) is 4. The summed E-state index contributed by atoms with van der Waals surface area (Å²) in [6.07, 6.45) is 1.52. The first-order valence-corrected chi connectivity index (χ1v) is 12.1. The molecule has 1 aliphatic rings. The average Bonchev–Trinajstić information content (AvgIpc) is 3.27. The molecule has 0 unspecified atom stereocenters. The van der Waals surface area contributed by atoms with Crippen LogP contribution in [0.2, 0.25) is 0 Å². The Morgan fingerprint density at radius 2 is 1.76 bits per heavy atom. The number of carbonyl (C=O) groups excluding carboxylic acids is 1. The highest BCUT2D eigenvalue weighted by atomic mass is 16.5. The van der Waals surface area contributed by atoms with E-state index in [1.54, 1.807) is 0 Å². The van der Waals surface area contributed by atoms with E-state index in [0.717, 1.165) is 30.8 Å². The monoisotopic (exact) mass is 457 g/mol. The molecule has 0 saturated carbocycles. The Morgan fingerprint density at radius 3 is 2.41 bits per heavy atom. The van der Waals surface area contributed by atoms with Crippen LogP contribution >= 0.6 is 0 Å². The fourth-order valence-electron chi connectivity index (χ4n) is 4.61. The molecule has 178 valence electrons. The molecule has 1 fully saturated rings.